The van der Waals surface area contributed by atoms with Gasteiger partial charge >= 0.3 is 0 Å². The number of rotatable bonds is 14. The summed E-state index contributed by atoms with van der Waals surface area (Å²) in [5.41, 5.74) is 5.44. The Hall–Kier alpha value is -0.130. The molecule has 0 aliphatic carbocycles. The topological polar surface area (TPSA) is 80.4 Å². The quantitative estimate of drug-likeness (QED) is 0.379. The van der Waals surface area contributed by atoms with Crippen molar-refractivity contribution in [2.45, 2.75) is 77.0 Å². The minimum atomic E-state index is -3.75. The van der Waals surface area contributed by atoms with E-state index in [1.54, 1.807) is 0 Å². The van der Waals surface area contributed by atoms with Crippen LogP contribution in [0.2, 0.25) is 0 Å². The van der Waals surface area contributed by atoms with E-state index in [1.807, 2.05) is 0 Å². The van der Waals surface area contributed by atoms with Crippen LogP contribution >= 0.6 is 0 Å². The molecule has 3 N–H and O–H groups in total. The SMILES string of the molecule is NCCCCCCCCCCCCCCS(=O)(=O)O. The largest absolute Gasteiger partial charge is 0.330 e. The molecule has 0 unspecified atom stereocenters. The van der Waals surface area contributed by atoms with Gasteiger partial charge in [0, 0.05) is 0 Å². The fourth-order valence-electron chi connectivity index (χ4n) is 2.20. The molecule has 116 valence electrons. The van der Waals surface area contributed by atoms with Crippen molar-refractivity contribution < 1.29 is 13.0 Å². The average Bonchev–Trinajstić information content (AvgIpc) is 2.34. The number of nitrogens with two attached hydrogens (primary N) is 1. The van der Waals surface area contributed by atoms with Gasteiger partial charge in [-0.15, -0.1) is 0 Å². The van der Waals surface area contributed by atoms with Crippen molar-refractivity contribution >= 4 is 10.1 Å². The molecule has 0 atom stereocenters. The van der Waals surface area contributed by atoms with Crippen LogP contribution in [0.3, 0.4) is 0 Å². The van der Waals surface area contributed by atoms with Gasteiger partial charge in [0.05, 0.1) is 5.75 Å². The van der Waals surface area contributed by atoms with Crippen LogP contribution in [-0.4, -0.2) is 25.3 Å². The van der Waals surface area contributed by atoms with Gasteiger partial charge in [-0.1, -0.05) is 64.2 Å². The van der Waals surface area contributed by atoms with Crippen LogP contribution in [0.1, 0.15) is 77.0 Å². The normalized spacial score (nSPS) is 11.9. The molecule has 0 aromatic heterocycles. The van der Waals surface area contributed by atoms with Crippen LogP contribution in [-0.2, 0) is 10.1 Å². The molecule has 0 aromatic carbocycles. The summed E-state index contributed by atoms with van der Waals surface area (Å²) in [7, 11) is -3.75. The maximum atomic E-state index is 10.5. The van der Waals surface area contributed by atoms with E-state index < -0.39 is 10.1 Å². The first-order chi connectivity index (χ1) is 9.06. The maximum absolute atomic E-state index is 10.5. The number of hydrogen-bond donors (Lipinski definition) is 2. The van der Waals surface area contributed by atoms with Gasteiger partial charge in [-0.25, -0.2) is 0 Å². The van der Waals surface area contributed by atoms with Gasteiger partial charge in [-0.3, -0.25) is 4.55 Å². The predicted octanol–water partition coefficient (Wildman–Crippen LogP) is 3.51. The first kappa shape index (κ1) is 18.9. The second-order valence-corrected chi connectivity index (χ2v) is 6.89. The molecule has 19 heavy (non-hydrogen) atoms. The van der Waals surface area contributed by atoms with Crippen LogP contribution in [0, 0.1) is 0 Å². The zero-order valence-electron chi connectivity index (χ0n) is 12.1. The second-order valence-electron chi connectivity index (χ2n) is 5.32. The summed E-state index contributed by atoms with van der Waals surface area (Å²) in [5, 5.41) is 0. The molecule has 0 radical (unpaired) electrons. The van der Waals surface area contributed by atoms with Crippen molar-refractivity contribution in [1.29, 1.82) is 0 Å². The van der Waals surface area contributed by atoms with Crippen molar-refractivity contribution in [2.24, 2.45) is 5.73 Å². The van der Waals surface area contributed by atoms with Crippen molar-refractivity contribution in [3.05, 3.63) is 0 Å². The Balaban J connectivity index is 3.03. The van der Waals surface area contributed by atoms with E-state index in [4.69, 9.17) is 10.3 Å². The standard InChI is InChI=1S/C14H31NO3S/c15-13-11-9-7-5-3-1-2-4-6-8-10-12-14-19(16,17)18/h1-15H2,(H,16,17,18). The molecule has 0 aromatic rings. The third kappa shape index (κ3) is 17.9. The van der Waals surface area contributed by atoms with E-state index in [1.165, 1.54) is 51.4 Å². The average molecular weight is 293 g/mol. The highest BCUT2D eigenvalue weighted by molar-refractivity contribution is 7.85. The van der Waals surface area contributed by atoms with Crippen molar-refractivity contribution in [2.75, 3.05) is 12.3 Å². The Labute approximate surface area is 118 Å². The predicted molar refractivity (Wildman–Crippen MR) is 80.9 cm³/mol. The molecule has 0 aliphatic heterocycles. The van der Waals surface area contributed by atoms with Gasteiger partial charge in [0.15, 0.2) is 0 Å². The van der Waals surface area contributed by atoms with E-state index in [9.17, 15) is 8.42 Å². The Bertz CT molecular complexity index is 278. The summed E-state index contributed by atoms with van der Waals surface area (Å²) in [5.74, 6) is -0.0875. The third-order valence-electron chi connectivity index (χ3n) is 3.36. The zero-order valence-corrected chi connectivity index (χ0v) is 13.0. The van der Waals surface area contributed by atoms with Gasteiger partial charge < -0.3 is 5.73 Å². The van der Waals surface area contributed by atoms with Gasteiger partial charge in [-0.2, -0.15) is 8.42 Å². The Morgan fingerprint density at radius 2 is 0.947 bits per heavy atom. The molecular weight excluding hydrogens is 262 g/mol. The monoisotopic (exact) mass is 293 g/mol. The second kappa shape index (κ2) is 12.9. The molecule has 0 aliphatic rings. The number of unbranched alkanes of at least 4 members (excludes halogenated alkanes) is 11. The molecule has 0 amide bonds. The van der Waals surface area contributed by atoms with Crippen molar-refractivity contribution in [3.8, 4) is 0 Å². The third-order valence-corrected chi connectivity index (χ3v) is 4.16. The molecule has 0 saturated carbocycles. The Kier molecular flexibility index (Phi) is 12.8. The summed E-state index contributed by atoms with van der Waals surface area (Å²) in [6, 6.07) is 0. The molecule has 0 bridgehead atoms. The lowest BCUT2D eigenvalue weighted by atomic mass is 10.1. The van der Waals surface area contributed by atoms with Crippen molar-refractivity contribution in [3.63, 3.8) is 0 Å². The molecule has 5 heteroatoms. The fraction of sp³-hybridized carbons (Fsp3) is 1.00. The lowest BCUT2D eigenvalue weighted by Crippen LogP contribution is -2.03. The molecular formula is C14H31NO3S. The van der Waals surface area contributed by atoms with E-state index >= 15 is 0 Å². The molecule has 0 heterocycles. The highest BCUT2D eigenvalue weighted by Gasteiger charge is 2.02. The van der Waals surface area contributed by atoms with Crippen LogP contribution in [0.4, 0.5) is 0 Å². The summed E-state index contributed by atoms with van der Waals surface area (Å²) < 4.78 is 29.5. The van der Waals surface area contributed by atoms with E-state index in [2.05, 4.69) is 0 Å². The summed E-state index contributed by atoms with van der Waals surface area (Å²) >= 11 is 0. The van der Waals surface area contributed by atoms with Crippen LogP contribution in [0.15, 0.2) is 0 Å². The van der Waals surface area contributed by atoms with E-state index in [-0.39, 0.29) is 5.75 Å². The summed E-state index contributed by atoms with van der Waals surface area (Å²) in [4.78, 5) is 0. The first-order valence-electron chi connectivity index (χ1n) is 7.71. The molecule has 0 fully saturated rings. The fourth-order valence-corrected chi connectivity index (χ4v) is 2.77. The zero-order chi connectivity index (χ0) is 14.4. The highest BCUT2D eigenvalue weighted by atomic mass is 32.2. The smallest absolute Gasteiger partial charge is 0.264 e. The highest BCUT2D eigenvalue weighted by Crippen LogP contribution is 2.12. The molecule has 0 spiro atoms. The van der Waals surface area contributed by atoms with Crippen LogP contribution < -0.4 is 5.73 Å². The van der Waals surface area contributed by atoms with Gasteiger partial charge in [0.1, 0.15) is 0 Å². The maximum Gasteiger partial charge on any atom is 0.264 e. The Morgan fingerprint density at radius 3 is 1.26 bits per heavy atom. The van der Waals surface area contributed by atoms with Crippen molar-refractivity contribution in [1.82, 2.24) is 0 Å². The summed E-state index contributed by atoms with van der Waals surface area (Å²) in [6.45, 7) is 0.817. The van der Waals surface area contributed by atoms with Crippen LogP contribution in [0.5, 0.6) is 0 Å². The van der Waals surface area contributed by atoms with Crippen LogP contribution in [0.25, 0.3) is 0 Å². The first-order valence-corrected chi connectivity index (χ1v) is 9.32. The minimum absolute atomic E-state index is 0.0875. The molecule has 0 saturated heterocycles. The Morgan fingerprint density at radius 1 is 0.632 bits per heavy atom. The number of hydrogen-bond acceptors (Lipinski definition) is 3. The minimum Gasteiger partial charge on any atom is -0.330 e. The molecule has 0 rings (SSSR count). The molecule has 4 nitrogen and oxygen atoms in total. The lowest BCUT2D eigenvalue weighted by molar-refractivity contribution is 0.478. The van der Waals surface area contributed by atoms with Gasteiger partial charge in [0.2, 0.25) is 0 Å². The van der Waals surface area contributed by atoms with Gasteiger partial charge in [0.25, 0.3) is 10.1 Å². The van der Waals surface area contributed by atoms with E-state index in [0.29, 0.717) is 6.42 Å². The van der Waals surface area contributed by atoms with Gasteiger partial charge in [-0.05, 0) is 19.4 Å². The summed E-state index contributed by atoms with van der Waals surface area (Å²) in [6.07, 6.45) is 14.0. The lowest BCUT2D eigenvalue weighted by Gasteiger charge is -2.02. The van der Waals surface area contributed by atoms with E-state index in [0.717, 1.165) is 25.8 Å².